The van der Waals surface area contributed by atoms with Crippen molar-refractivity contribution < 1.29 is 42.1 Å². The smallest absolute Gasteiger partial charge is 0.426 e. The van der Waals surface area contributed by atoms with E-state index in [9.17, 15) is 27.9 Å². The number of amides is 2. The second kappa shape index (κ2) is 15.9. The Labute approximate surface area is 222 Å². The van der Waals surface area contributed by atoms with Gasteiger partial charge in [0.15, 0.2) is 0 Å². The molecule has 0 aromatic heterocycles. The minimum absolute atomic E-state index is 0.0671. The zero-order valence-corrected chi connectivity index (χ0v) is 22.8. The van der Waals surface area contributed by atoms with Crippen molar-refractivity contribution in [2.24, 2.45) is 17.6 Å². The lowest BCUT2D eigenvalue weighted by Gasteiger charge is -2.31. The van der Waals surface area contributed by atoms with E-state index in [4.69, 9.17) is 15.2 Å². The Balaban J connectivity index is 2.68. The highest BCUT2D eigenvalue weighted by Crippen LogP contribution is 2.33. The number of unbranched alkanes of at least 4 members (excludes halogenated alkanes) is 1. The topological polar surface area (TPSA) is 132 Å². The van der Waals surface area contributed by atoms with Crippen LogP contribution in [0.5, 0.6) is 5.75 Å². The molecule has 0 saturated heterocycles. The maximum atomic E-state index is 13.2. The molecule has 9 nitrogen and oxygen atoms in total. The van der Waals surface area contributed by atoms with E-state index >= 15 is 0 Å². The predicted octanol–water partition coefficient (Wildman–Crippen LogP) is 2.66. The van der Waals surface area contributed by atoms with E-state index in [0.29, 0.717) is 31.5 Å². The molecule has 0 saturated carbocycles. The first-order valence-electron chi connectivity index (χ1n) is 12.6. The number of halogens is 3. The summed E-state index contributed by atoms with van der Waals surface area (Å²) in [4.78, 5) is 25.0. The van der Waals surface area contributed by atoms with E-state index in [1.807, 2.05) is 13.8 Å². The van der Waals surface area contributed by atoms with Crippen molar-refractivity contribution >= 4 is 11.8 Å². The number of benzene rings is 1. The second-order valence-electron chi connectivity index (χ2n) is 9.67. The molecule has 0 bridgehead atoms. The van der Waals surface area contributed by atoms with Gasteiger partial charge in [-0.2, -0.15) is 13.2 Å². The standard InChI is InChI=1S/C26H42F3N3O6/c1-17(2)18(14-20(30)21(33)16-32-24(35)25(3,37-5)26(27,28)29)15-31-23(34)19-10-6-7-11-22(19)38-13-9-8-12-36-4/h6-7,10-11,17-18,20-21,33H,8-9,12-16,30H2,1-5H3,(H,31,34)(H,32,35)/t18-,20+,21+,25-/m1/s1. The summed E-state index contributed by atoms with van der Waals surface area (Å²) in [7, 11) is 2.41. The van der Waals surface area contributed by atoms with Gasteiger partial charge in [-0.25, -0.2) is 0 Å². The monoisotopic (exact) mass is 549 g/mol. The molecule has 0 aliphatic rings. The van der Waals surface area contributed by atoms with Gasteiger partial charge in [0.1, 0.15) is 5.75 Å². The van der Waals surface area contributed by atoms with E-state index in [2.05, 4.69) is 15.4 Å². The van der Waals surface area contributed by atoms with Crippen LogP contribution in [0.15, 0.2) is 24.3 Å². The van der Waals surface area contributed by atoms with Crippen LogP contribution >= 0.6 is 0 Å². The summed E-state index contributed by atoms with van der Waals surface area (Å²) in [6.45, 7) is 5.31. The summed E-state index contributed by atoms with van der Waals surface area (Å²) < 4.78 is 54.7. The summed E-state index contributed by atoms with van der Waals surface area (Å²) in [5.74, 6) is -1.37. The SMILES string of the molecule is COCCCCOc1ccccc1C(=O)NC[C@@H](C[C@H](N)[C@@H](O)CNC(=O)[C@@](C)(OC)C(F)(F)F)C(C)C. The van der Waals surface area contributed by atoms with E-state index in [0.717, 1.165) is 20.0 Å². The lowest BCUT2D eigenvalue weighted by Crippen LogP contribution is -2.58. The van der Waals surface area contributed by atoms with Gasteiger partial charge in [0, 0.05) is 40.0 Å². The average Bonchev–Trinajstić information content (AvgIpc) is 2.87. The number of methoxy groups -OCH3 is 2. The number of aliphatic hydroxyl groups is 1. The van der Waals surface area contributed by atoms with Gasteiger partial charge in [0.25, 0.3) is 11.8 Å². The van der Waals surface area contributed by atoms with Gasteiger partial charge in [0.05, 0.1) is 18.3 Å². The normalized spacial score (nSPS) is 15.9. The summed E-state index contributed by atoms with van der Waals surface area (Å²) >= 11 is 0. The van der Waals surface area contributed by atoms with Gasteiger partial charge >= 0.3 is 6.18 Å². The minimum atomic E-state index is -4.94. The first-order valence-corrected chi connectivity index (χ1v) is 12.6. The van der Waals surface area contributed by atoms with Gasteiger partial charge in [-0.1, -0.05) is 26.0 Å². The van der Waals surface area contributed by atoms with Crippen molar-refractivity contribution in [3.8, 4) is 5.75 Å². The fraction of sp³-hybridized carbons (Fsp3) is 0.692. The van der Waals surface area contributed by atoms with Crippen molar-refractivity contribution in [2.45, 2.75) is 64.0 Å². The number of alkyl halides is 3. The summed E-state index contributed by atoms with van der Waals surface area (Å²) in [5, 5.41) is 15.3. The molecule has 4 atom stereocenters. The van der Waals surface area contributed by atoms with Crippen molar-refractivity contribution in [2.75, 3.05) is 40.5 Å². The Morgan fingerprint density at radius 3 is 2.26 bits per heavy atom. The minimum Gasteiger partial charge on any atom is -0.493 e. The molecule has 12 heteroatoms. The highest BCUT2D eigenvalue weighted by molar-refractivity contribution is 5.96. The molecule has 0 aliphatic heterocycles. The molecule has 1 aromatic carbocycles. The number of hydrogen-bond donors (Lipinski definition) is 4. The summed E-state index contributed by atoms with van der Waals surface area (Å²) in [6.07, 6.45) is -4.37. The molecular formula is C26H42F3N3O6. The lowest BCUT2D eigenvalue weighted by molar-refractivity contribution is -0.253. The number of aliphatic hydroxyl groups excluding tert-OH is 1. The van der Waals surface area contributed by atoms with Crippen LogP contribution in [0.25, 0.3) is 0 Å². The Morgan fingerprint density at radius 1 is 1.05 bits per heavy atom. The van der Waals surface area contributed by atoms with Crippen LogP contribution < -0.4 is 21.1 Å². The van der Waals surface area contributed by atoms with Crippen molar-refractivity contribution in [3.05, 3.63) is 29.8 Å². The van der Waals surface area contributed by atoms with Crippen LogP contribution in [-0.4, -0.2) is 81.4 Å². The summed E-state index contributed by atoms with van der Waals surface area (Å²) in [5.41, 5.74) is 3.44. The van der Waals surface area contributed by atoms with E-state index in [-0.39, 0.29) is 30.7 Å². The fourth-order valence-electron chi connectivity index (χ4n) is 3.58. The summed E-state index contributed by atoms with van der Waals surface area (Å²) in [6, 6.07) is 6.04. The molecule has 38 heavy (non-hydrogen) atoms. The van der Waals surface area contributed by atoms with Crippen LogP contribution in [0.2, 0.25) is 0 Å². The Hall–Kier alpha value is -2.41. The van der Waals surface area contributed by atoms with Gasteiger partial charge in [-0.05, 0) is 50.2 Å². The molecule has 1 aromatic rings. The maximum Gasteiger partial charge on any atom is 0.426 e. The van der Waals surface area contributed by atoms with E-state index in [1.165, 1.54) is 0 Å². The first kappa shape index (κ1) is 33.6. The average molecular weight is 550 g/mol. The van der Waals surface area contributed by atoms with Crippen LogP contribution in [-0.2, 0) is 14.3 Å². The van der Waals surface area contributed by atoms with Crippen molar-refractivity contribution in [1.29, 1.82) is 0 Å². The molecule has 0 heterocycles. The van der Waals surface area contributed by atoms with Gasteiger partial charge in [-0.15, -0.1) is 0 Å². The predicted molar refractivity (Wildman–Crippen MR) is 137 cm³/mol. The van der Waals surface area contributed by atoms with Crippen LogP contribution in [0.3, 0.4) is 0 Å². The molecule has 5 N–H and O–H groups in total. The van der Waals surface area contributed by atoms with Crippen LogP contribution in [0.4, 0.5) is 13.2 Å². The highest BCUT2D eigenvalue weighted by atomic mass is 19.4. The Kier molecular flexibility index (Phi) is 14.0. The Morgan fingerprint density at radius 2 is 1.68 bits per heavy atom. The first-order chi connectivity index (χ1) is 17.8. The number of hydrogen-bond acceptors (Lipinski definition) is 7. The van der Waals surface area contributed by atoms with Crippen LogP contribution in [0.1, 0.15) is 50.4 Å². The number of rotatable bonds is 17. The molecule has 218 valence electrons. The van der Waals surface area contributed by atoms with Gasteiger partial charge < -0.3 is 35.7 Å². The number of nitrogens with one attached hydrogen (secondary N) is 2. The van der Waals surface area contributed by atoms with Crippen LogP contribution in [0, 0.1) is 11.8 Å². The maximum absolute atomic E-state index is 13.2. The molecule has 0 fully saturated rings. The number of carbonyl (C=O) groups excluding carboxylic acids is 2. The zero-order chi connectivity index (χ0) is 28.9. The second-order valence-corrected chi connectivity index (χ2v) is 9.67. The van der Waals surface area contributed by atoms with Gasteiger partial charge in [-0.3, -0.25) is 9.59 Å². The van der Waals surface area contributed by atoms with E-state index in [1.54, 1.807) is 31.4 Å². The number of nitrogens with two attached hydrogens (primary N) is 1. The molecule has 1 rings (SSSR count). The molecule has 0 unspecified atom stereocenters. The van der Waals surface area contributed by atoms with Gasteiger partial charge in [0.2, 0.25) is 5.60 Å². The fourth-order valence-corrected chi connectivity index (χ4v) is 3.58. The number of para-hydroxylation sites is 1. The third-order valence-corrected chi connectivity index (χ3v) is 6.52. The number of carbonyl (C=O) groups is 2. The Bertz CT molecular complexity index is 871. The van der Waals surface area contributed by atoms with Crippen molar-refractivity contribution in [3.63, 3.8) is 0 Å². The highest BCUT2D eigenvalue weighted by Gasteiger charge is 2.57. The molecular weight excluding hydrogens is 507 g/mol. The quantitative estimate of drug-likeness (QED) is 0.220. The third kappa shape index (κ3) is 10.0. The third-order valence-electron chi connectivity index (χ3n) is 6.52. The largest absolute Gasteiger partial charge is 0.493 e. The molecule has 0 radical (unpaired) electrons. The van der Waals surface area contributed by atoms with E-state index < -0.39 is 36.4 Å². The zero-order valence-electron chi connectivity index (χ0n) is 22.8. The molecule has 2 amide bonds. The lowest BCUT2D eigenvalue weighted by atomic mass is 9.87. The number of ether oxygens (including phenoxy) is 3. The molecule has 0 aliphatic carbocycles. The van der Waals surface area contributed by atoms with Crippen molar-refractivity contribution in [1.82, 2.24) is 10.6 Å². The molecule has 0 spiro atoms.